The molecule has 5 heteroatoms. The van der Waals surface area contributed by atoms with Gasteiger partial charge in [0.1, 0.15) is 0 Å². The number of carbonyl (C=O) groups excluding carboxylic acids is 1. The molecule has 2 aliphatic rings. The number of piperazine rings is 1. The van der Waals surface area contributed by atoms with Gasteiger partial charge in [0, 0.05) is 70.5 Å². The molecular weight excluding hydrogens is 252 g/mol. The second-order valence-corrected chi connectivity index (χ2v) is 5.87. The van der Waals surface area contributed by atoms with Gasteiger partial charge in [0.05, 0.1) is 0 Å². The van der Waals surface area contributed by atoms with Crippen LogP contribution >= 0.6 is 0 Å². The topological polar surface area (TPSA) is 40.5 Å². The Labute approximate surface area is 120 Å². The minimum Gasteiger partial charge on any atom is -0.312 e. The Kier molecular flexibility index (Phi) is 4.19. The number of hydrogen-bond donors (Lipinski definition) is 1. The second kappa shape index (κ2) is 6.08. The third-order valence-corrected chi connectivity index (χ3v) is 4.45. The maximum absolute atomic E-state index is 12.4. The Hall–Kier alpha value is -1.17. The highest BCUT2D eigenvalue weighted by Crippen LogP contribution is 2.16. The Morgan fingerprint density at radius 1 is 1.30 bits per heavy atom. The van der Waals surface area contributed by atoms with Gasteiger partial charge in [0.2, 0.25) is 5.91 Å². The van der Waals surface area contributed by atoms with Crippen molar-refractivity contribution in [1.82, 2.24) is 19.7 Å². The van der Waals surface area contributed by atoms with Crippen LogP contribution in [0.3, 0.4) is 0 Å². The van der Waals surface area contributed by atoms with E-state index in [9.17, 15) is 4.79 Å². The molecule has 0 aliphatic carbocycles. The SMILES string of the molecule is CN1CCN(CCC(=O)n2ccc3c2CCNC3)CC1. The van der Waals surface area contributed by atoms with E-state index in [1.54, 1.807) is 0 Å². The highest BCUT2D eigenvalue weighted by Gasteiger charge is 2.19. The predicted octanol–water partition coefficient (Wildman–Crippen LogP) is 0.412. The summed E-state index contributed by atoms with van der Waals surface area (Å²) in [5, 5.41) is 3.34. The number of likely N-dealkylation sites (N-methyl/N-ethyl adjacent to an activating group) is 1. The van der Waals surface area contributed by atoms with Gasteiger partial charge in [0.15, 0.2) is 0 Å². The number of carbonyl (C=O) groups is 1. The molecule has 0 atom stereocenters. The van der Waals surface area contributed by atoms with Crippen molar-refractivity contribution in [1.29, 1.82) is 0 Å². The standard InChI is InChI=1S/C15H24N4O/c1-17-8-10-18(11-9-17)6-4-15(20)19-7-3-13-12-16-5-2-14(13)19/h3,7,16H,2,4-6,8-12H2,1H3. The summed E-state index contributed by atoms with van der Waals surface area (Å²) >= 11 is 0. The zero-order valence-corrected chi connectivity index (χ0v) is 12.3. The van der Waals surface area contributed by atoms with Gasteiger partial charge in [-0.1, -0.05) is 0 Å². The lowest BCUT2D eigenvalue weighted by Crippen LogP contribution is -2.45. The maximum Gasteiger partial charge on any atom is 0.232 e. The Balaban J connectivity index is 1.55. The van der Waals surface area contributed by atoms with E-state index in [-0.39, 0.29) is 5.91 Å². The summed E-state index contributed by atoms with van der Waals surface area (Å²) < 4.78 is 1.88. The van der Waals surface area contributed by atoms with Crippen molar-refractivity contribution in [3.05, 3.63) is 23.5 Å². The summed E-state index contributed by atoms with van der Waals surface area (Å²) in [7, 11) is 2.16. The molecule has 5 nitrogen and oxygen atoms in total. The summed E-state index contributed by atoms with van der Waals surface area (Å²) in [6, 6.07) is 2.08. The average Bonchev–Trinajstić information content (AvgIpc) is 2.90. The molecule has 2 aliphatic heterocycles. The zero-order valence-electron chi connectivity index (χ0n) is 12.3. The first-order chi connectivity index (χ1) is 9.74. The summed E-state index contributed by atoms with van der Waals surface area (Å²) in [5.41, 5.74) is 2.50. The molecule has 0 aromatic carbocycles. The molecule has 110 valence electrons. The monoisotopic (exact) mass is 276 g/mol. The van der Waals surface area contributed by atoms with E-state index in [0.29, 0.717) is 6.42 Å². The smallest absolute Gasteiger partial charge is 0.232 e. The van der Waals surface area contributed by atoms with Crippen molar-refractivity contribution in [2.24, 2.45) is 0 Å². The van der Waals surface area contributed by atoms with Crippen molar-refractivity contribution in [2.45, 2.75) is 19.4 Å². The Bertz CT molecular complexity index is 474. The lowest BCUT2D eigenvalue weighted by molar-refractivity contribution is 0.0859. The minimum atomic E-state index is 0.243. The van der Waals surface area contributed by atoms with Gasteiger partial charge in [-0.2, -0.15) is 0 Å². The minimum absolute atomic E-state index is 0.243. The molecule has 20 heavy (non-hydrogen) atoms. The van der Waals surface area contributed by atoms with Crippen LogP contribution in [-0.2, 0) is 13.0 Å². The van der Waals surface area contributed by atoms with Gasteiger partial charge in [-0.3, -0.25) is 9.36 Å². The van der Waals surface area contributed by atoms with Crippen LogP contribution < -0.4 is 5.32 Å². The van der Waals surface area contributed by atoms with Crippen LogP contribution in [0.15, 0.2) is 12.3 Å². The number of aromatic nitrogens is 1. The van der Waals surface area contributed by atoms with E-state index in [1.165, 1.54) is 11.3 Å². The molecule has 1 aromatic heterocycles. The number of nitrogens with one attached hydrogen (secondary N) is 1. The molecule has 0 saturated carbocycles. The van der Waals surface area contributed by atoms with Gasteiger partial charge in [-0.05, 0) is 18.7 Å². The van der Waals surface area contributed by atoms with Crippen LogP contribution in [0, 0.1) is 0 Å². The predicted molar refractivity (Wildman–Crippen MR) is 79.0 cm³/mol. The van der Waals surface area contributed by atoms with Gasteiger partial charge in [-0.15, -0.1) is 0 Å². The summed E-state index contributed by atoms with van der Waals surface area (Å²) in [6.45, 7) is 7.14. The molecule has 0 bridgehead atoms. The van der Waals surface area contributed by atoms with E-state index in [1.807, 2.05) is 10.8 Å². The summed E-state index contributed by atoms with van der Waals surface area (Å²) in [6.07, 6.45) is 3.53. The third kappa shape index (κ3) is 2.95. The van der Waals surface area contributed by atoms with E-state index < -0.39 is 0 Å². The van der Waals surface area contributed by atoms with Crippen LogP contribution in [0.4, 0.5) is 0 Å². The molecule has 0 radical (unpaired) electrons. The normalized spacial score (nSPS) is 20.9. The first kappa shape index (κ1) is 13.8. The molecule has 1 saturated heterocycles. The van der Waals surface area contributed by atoms with E-state index in [0.717, 1.165) is 52.2 Å². The number of fused-ring (bicyclic) bond motifs is 1. The third-order valence-electron chi connectivity index (χ3n) is 4.45. The van der Waals surface area contributed by atoms with Crippen molar-refractivity contribution >= 4 is 5.91 Å². The molecule has 3 heterocycles. The van der Waals surface area contributed by atoms with E-state index >= 15 is 0 Å². The number of hydrogen-bond acceptors (Lipinski definition) is 4. The van der Waals surface area contributed by atoms with E-state index in [2.05, 4.69) is 28.2 Å². The zero-order chi connectivity index (χ0) is 13.9. The van der Waals surface area contributed by atoms with Crippen LogP contribution in [-0.4, -0.2) is 66.6 Å². The van der Waals surface area contributed by atoms with Crippen LogP contribution in [0.2, 0.25) is 0 Å². The largest absolute Gasteiger partial charge is 0.312 e. The molecule has 0 unspecified atom stereocenters. The molecule has 1 fully saturated rings. The van der Waals surface area contributed by atoms with Crippen molar-refractivity contribution in [2.75, 3.05) is 46.3 Å². The molecule has 1 aromatic rings. The second-order valence-electron chi connectivity index (χ2n) is 5.87. The fourth-order valence-corrected chi connectivity index (χ4v) is 3.06. The highest BCUT2D eigenvalue weighted by atomic mass is 16.2. The van der Waals surface area contributed by atoms with Gasteiger partial charge >= 0.3 is 0 Å². The van der Waals surface area contributed by atoms with Gasteiger partial charge < -0.3 is 15.1 Å². The lowest BCUT2D eigenvalue weighted by atomic mass is 10.1. The first-order valence-corrected chi connectivity index (χ1v) is 7.58. The van der Waals surface area contributed by atoms with Crippen molar-refractivity contribution in [3.8, 4) is 0 Å². The molecule has 1 N–H and O–H groups in total. The summed E-state index contributed by atoms with van der Waals surface area (Å²) in [5.74, 6) is 0.243. The molecule has 0 amide bonds. The highest BCUT2D eigenvalue weighted by molar-refractivity contribution is 5.80. The quantitative estimate of drug-likeness (QED) is 0.868. The van der Waals surface area contributed by atoms with Crippen molar-refractivity contribution in [3.63, 3.8) is 0 Å². The van der Waals surface area contributed by atoms with Crippen LogP contribution in [0.1, 0.15) is 22.5 Å². The fourth-order valence-electron chi connectivity index (χ4n) is 3.06. The van der Waals surface area contributed by atoms with Crippen molar-refractivity contribution < 1.29 is 4.79 Å². The summed E-state index contributed by atoms with van der Waals surface area (Å²) in [4.78, 5) is 17.1. The maximum atomic E-state index is 12.4. The van der Waals surface area contributed by atoms with E-state index in [4.69, 9.17) is 0 Å². The van der Waals surface area contributed by atoms with Gasteiger partial charge in [-0.25, -0.2) is 0 Å². The Morgan fingerprint density at radius 2 is 2.10 bits per heavy atom. The molecular formula is C15H24N4O. The fraction of sp³-hybridized carbons (Fsp3) is 0.667. The van der Waals surface area contributed by atoms with Crippen LogP contribution in [0.25, 0.3) is 0 Å². The lowest BCUT2D eigenvalue weighted by Gasteiger charge is -2.32. The number of nitrogens with zero attached hydrogens (tertiary/aromatic N) is 3. The molecule has 0 spiro atoms. The van der Waals surface area contributed by atoms with Gasteiger partial charge in [0.25, 0.3) is 0 Å². The average molecular weight is 276 g/mol. The molecule has 3 rings (SSSR count). The number of rotatable bonds is 3. The first-order valence-electron chi connectivity index (χ1n) is 7.58. The van der Waals surface area contributed by atoms with Crippen LogP contribution in [0.5, 0.6) is 0 Å². The Morgan fingerprint density at radius 3 is 2.90 bits per heavy atom.